The molecule has 2 aliphatic rings. The summed E-state index contributed by atoms with van der Waals surface area (Å²) in [5.74, 6) is -0.751. The minimum atomic E-state index is -4.71. The molecule has 3 aromatic heterocycles. The molecule has 3 amide bonds. The van der Waals surface area contributed by atoms with Crippen LogP contribution in [0.5, 0.6) is 0 Å². The highest BCUT2D eigenvalue weighted by Gasteiger charge is 2.49. The zero-order valence-corrected chi connectivity index (χ0v) is 21.6. The van der Waals surface area contributed by atoms with Crippen LogP contribution in [0.2, 0.25) is 0 Å². The first-order valence-corrected chi connectivity index (χ1v) is 12.4. The number of nitrogens with one attached hydrogen (secondary N) is 2. The molecule has 3 aromatic rings. The maximum atomic E-state index is 13.4. The quantitative estimate of drug-likeness (QED) is 0.362. The molecule has 4 heterocycles. The molecule has 2 N–H and O–H groups in total. The molecule has 5 rings (SSSR count). The Kier molecular flexibility index (Phi) is 7.07. The van der Waals surface area contributed by atoms with Crippen molar-refractivity contribution in [3.8, 4) is 0 Å². The van der Waals surface area contributed by atoms with Gasteiger partial charge in [0.15, 0.2) is 16.9 Å². The van der Waals surface area contributed by atoms with Crippen LogP contribution in [-0.2, 0) is 11.3 Å². The van der Waals surface area contributed by atoms with E-state index < -0.39 is 55.1 Å². The van der Waals surface area contributed by atoms with Crippen molar-refractivity contribution in [3.63, 3.8) is 0 Å². The van der Waals surface area contributed by atoms with E-state index in [1.54, 1.807) is 0 Å². The standard InChI is InChI=1S/C23H24F6N8O4/c1-21(2,23(27,28)29)40-10-14(32-19(38)18-17(12-3-4-12)34-41-35-18)13-8-37-16(31-13)5-11(6-30-37)7-36-9-15(22(24,25)26)33-20(36)39/h5-6,8,12,14-15H,3-4,7,9-10H2,1-2H3,(H,32,38)(H,33,39)/t14-,15-/m0/s1. The zero-order chi connectivity index (χ0) is 29.7. The third kappa shape index (κ3) is 6.06. The molecule has 1 saturated heterocycles. The lowest BCUT2D eigenvalue weighted by Crippen LogP contribution is -2.44. The molecular formula is C23H24F6N8O4. The lowest BCUT2D eigenvalue weighted by molar-refractivity contribution is -0.265. The summed E-state index contributed by atoms with van der Waals surface area (Å²) in [7, 11) is 0. The Labute approximate surface area is 227 Å². The number of carbonyl (C=O) groups is 2. The van der Waals surface area contributed by atoms with Gasteiger partial charge in [0.1, 0.15) is 11.7 Å². The number of carbonyl (C=O) groups excluding carboxylic acids is 2. The van der Waals surface area contributed by atoms with Crippen molar-refractivity contribution in [2.45, 2.75) is 69.2 Å². The first kappa shape index (κ1) is 28.6. The molecule has 0 bridgehead atoms. The molecule has 18 heteroatoms. The van der Waals surface area contributed by atoms with Gasteiger partial charge in [-0.15, -0.1) is 0 Å². The average molecular weight is 590 g/mol. The molecule has 2 atom stereocenters. The third-order valence-corrected chi connectivity index (χ3v) is 6.80. The lowest BCUT2D eigenvalue weighted by Gasteiger charge is -2.29. The van der Waals surface area contributed by atoms with Crippen molar-refractivity contribution < 1.29 is 45.3 Å². The van der Waals surface area contributed by atoms with Gasteiger partial charge < -0.3 is 20.3 Å². The van der Waals surface area contributed by atoms with Crippen molar-refractivity contribution in [3.05, 3.63) is 41.1 Å². The number of ether oxygens (including phenoxy) is 1. The normalized spacial score (nSPS) is 19.1. The van der Waals surface area contributed by atoms with Gasteiger partial charge in [0.05, 0.1) is 37.3 Å². The summed E-state index contributed by atoms with van der Waals surface area (Å²) in [6.45, 7) is 0.261. The maximum absolute atomic E-state index is 13.4. The fraction of sp³-hybridized carbons (Fsp3) is 0.565. The molecule has 0 aromatic carbocycles. The van der Waals surface area contributed by atoms with Crippen LogP contribution >= 0.6 is 0 Å². The number of alkyl halides is 6. The summed E-state index contributed by atoms with van der Waals surface area (Å²) in [4.78, 5) is 30.4. The van der Waals surface area contributed by atoms with E-state index in [1.807, 2.05) is 5.32 Å². The zero-order valence-electron chi connectivity index (χ0n) is 21.6. The molecule has 1 aliphatic heterocycles. The van der Waals surface area contributed by atoms with E-state index in [9.17, 15) is 35.9 Å². The van der Waals surface area contributed by atoms with E-state index in [0.29, 0.717) is 11.3 Å². The van der Waals surface area contributed by atoms with Crippen molar-refractivity contribution in [2.75, 3.05) is 13.2 Å². The summed E-state index contributed by atoms with van der Waals surface area (Å²) in [6.07, 6.45) is -5.06. The van der Waals surface area contributed by atoms with Gasteiger partial charge in [-0.25, -0.2) is 18.9 Å². The van der Waals surface area contributed by atoms with Gasteiger partial charge in [0.25, 0.3) is 5.91 Å². The molecule has 222 valence electrons. The second-order valence-corrected chi connectivity index (χ2v) is 10.4. The predicted molar refractivity (Wildman–Crippen MR) is 124 cm³/mol. The van der Waals surface area contributed by atoms with Crippen LogP contribution in [0.15, 0.2) is 23.1 Å². The van der Waals surface area contributed by atoms with Crippen molar-refractivity contribution >= 4 is 17.6 Å². The Bertz CT molecular complexity index is 1450. The molecule has 12 nitrogen and oxygen atoms in total. The van der Waals surface area contributed by atoms with E-state index in [1.165, 1.54) is 23.0 Å². The molecular weight excluding hydrogens is 566 g/mol. The smallest absolute Gasteiger partial charge is 0.364 e. The Morgan fingerprint density at radius 2 is 1.95 bits per heavy atom. The molecule has 1 saturated carbocycles. The molecule has 1 aliphatic carbocycles. The first-order chi connectivity index (χ1) is 19.1. The number of hydrogen-bond acceptors (Lipinski definition) is 8. The number of urea groups is 1. The lowest BCUT2D eigenvalue weighted by atomic mass is 10.1. The molecule has 2 fully saturated rings. The Morgan fingerprint density at radius 1 is 1.22 bits per heavy atom. The van der Waals surface area contributed by atoms with Crippen molar-refractivity contribution in [2.24, 2.45) is 0 Å². The second-order valence-electron chi connectivity index (χ2n) is 10.4. The number of aromatic nitrogens is 5. The topological polar surface area (TPSA) is 140 Å². The average Bonchev–Trinajstić information content (AvgIpc) is 3.27. The number of fused-ring (bicyclic) bond motifs is 1. The number of imidazole rings is 1. The Morgan fingerprint density at radius 3 is 2.59 bits per heavy atom. The number of rotatable bonds is 9. The molecule has 0 spiro atoms. The minimum absolute atomic E-state index is 0.00257. The van der Waals surface area contributed by atoms with Crippen LogP contribution < -0.4 is 10.6 Å². The number of amides is 3. The van der Waals surface area contributed by atoms with E-state index >= 15 is 0 Å². The number of nitrogens with zero attached hydrogens (tertiary/aromatic N) is 6. The summed E-state index contributed by atoms with van der Waals surface area (Å²) in [5, 5.41) is 16.0. The molecule has 0 unspecified atom stereocenters. The summed E-state index contributed by atoms with van der Waals surface area (Å²) in [5.41, 5.74) is -1.71. The van der Waals surface area contributed by atoms with Crippen LogP contribution in [0, 0.1) is 0 Å². The molecule has 41 heavy (non-hydrogen) atoms. The summed E-state index contributed by atoms with van der Waals surface area (Å²) < 4.78 is 90.5. The minimum Gasteiger partial charge on any atom is -0.364 e. The van der Waals surface area contributed by atoms with Crippen molar-refractivity contribution in [1.82, 2.24) is 40.4 Å². The van der Waals surface area contributed by atoms with Crippen LogP contribution in [0.25, 0.3) is 5.65 Å². The predicted octanol–water partition coefficient (Wildman–Crippen LogP) is 3.27. The number of hydrogen-bond donors (Lipinski definition) is 2. The molecule has 0 radical (unpaired) electrons. The van der Waals surface area contributed by atoms with Gasteiger partial charge in [0.2, 0.25) is 0 Å². The van der Waals surface area contributed by atoms with Gasteiger partial charge in [-0.1, -0.05) is 5.16 Å². The SMILES string of the molecule is CC(C)(OC[C@H](NC(=O)c1nonc1C1CC1)c1cn2ncc(CN3C[C@@H](C(F)(F)F)NC3=O)cc2n1)C(F)(F)F. The van der Waals surface area contributed by atoms with Gasteiger partial charge >= 0.3 is 18.4 Å². The van der Waals surface area contributed by atoms with Gasteiger partial charge in [-0.2, -0.15) is 31.4 Å². The monoisotopic (exact) mass is 590 g/mol. The Hall–Kier alpha value is -3.96. The fourth-order valence-electron chi connectivity index (χ4n) is 4.10. The van der Waals surface area contributed by atoms with Crippen molar-refractivity contribution in [1.29, 1.82) is 0 Å². The van der Waals surface area contributed by atoms with Gasteiger partial charge in [0, 0.05) is 12.5 Å². The maximum Gasteiger partial charge on any atom is 0.416 e. The fourth-order valence-corrected chi connectivity index (χ4v) is 4.10. The van der Waals surface area contributed by atoms with Gasteiger partial charge in [-0.05, 0) is 43.5 Å². The third-order valence-electron chi connectivity index (χ3n) is 6.80. The Balaban J connectivity index is 1.37. The summed E-state index contributed by atoms with van der Waals surface area (Å²) in [6, 6.07) is -2.64. The highest BCUT2D eigenvalue weighted by molar-refractivity contribution is 5.93. The van der Waals surface area contributed by atoms with E-state index in [2.05, 4.69) is 25.7 Å². The number of halogens is 6. The second kappa shape index (κ2) is 10.1. The van der Waals surface area contributed by atoms with Gasteiger partial charge in [-0.3, -0.25) is 4.79 Å². The highest BCUT2D eigenvalue weighted by Crippen LogP contribution is 2.40. The highest BCUT2D eigenvalue weighted by atomic mass is 19.4. The van der Waals surface area contributed by atoms with E-state index in [0.717, 1.165) is 31.6 Å². The van der Waals surface area contributed by atoms with Crippen LogP contribution in [0.1, 0.15) is 66.1 Å². The first-order valence-electron chi connectivity index (χ1n) is 12.4. The van der Waals surface area contributed by atoms with Crippen LogP contribution in [0.3, 0.4) is 0 Å². The van der Waals surface area contributed by atoms with Crippen LogP contribution in [-0.4, -0.2) is 78.9 Å². The van der Waals surface area contributed by atoms with E-state index in [4.69, 9.17) is 9.37 Å². The summed E-state index contributed by atoms with van der Waals surface area (Å²) >= 11 is 0. The largest absolute Gasteiger partial charge is 0.416 e. The van der Waals surface area contributed by atoms with E-state index in [-0.39, 0.29) is 29.5 Å². The van der Waals surface area contributed by atoms with Crippen LogP contribution in [0.4, 0.5) is 31.1 Å².